The summed E-state index contributed by atoms with van der Waals surface area (Å²) in [7, 11) is -3.66. The van der Waals surface area contributed by atoms with Gasteiger partial charge < -0.3 is 0 Å². The highest BCUT2D eigenvalue weighted by molar-refractivity contribution is 7.89. The Labute approximate surface area is 132 Å². The predicted molar refractivity (Wildman–Crippen MR) is 78.9 cm³/mol. The van der Waals surface area contributed by atoms with Crippen molar-refractivity contribution < 1.29 is 8.42 Å². The molecule has 0 aliphatic carbocycles. The van der Waals surface area contributed by atoms with E-state index in [4.69, 9.17) is 23.2 Å². The quantitative estimate of drug-likeness (QED) is 0.854. The van der Waals surface area contributed by atoms with Crippen molar-refractivity contribution in [2.75, 3.05) is 13.1 Å². The molecule has 1 aromatic heterocycles. The molecule has 0 saturated carbocycles. The molecular weight excluding hydrogens is 335 g/mol. The summed E-state index contributed by atoms with van der Waals surface area (Å²) in [5.74, 6) is 0. The minimum absolute atomic E-state index is 0.0137. The summed E-state index contributed by atoms with van der Waals surface area (Å²) in [6.45, 7) is 0.754. The average molecular weight is 347 g/mol. The van der Waals surface area contributed by atoms with Gasteiger partial charge in [0.05, 0.1) is 17.3 Å². The van der Waals surface area contributed by atoms with Crippen LogP contribution in [0.25, 0.3) is 0 Å². The second-order valence-corrected chi connectivity index (χ2v) is 7.51. The van der Waals surface area contributed by atoms with Gasteiger partial charge in [0.25, 0.3) is 0 Å². The Morgan fingerprint density at radius 1 is 1.29 bits per heavy atom. The van der Waals surface area contributed by atoms with Crippen LogP contribution in [0, 0.1) is 0 Å². The van der Waals surface area contributed by atoms with E-state index in [1.54, 1.807) is 23.1 Å². The zero-order valence-electron chi connectivity index (χ0n) is 10.9. The van der Waals surface area contributed by atoms with E-state index in [9.17, 15) is 8.42 Å². The number of hydrogen-bond acceptors (Lipinski definition) is 4. The molecule has 0 N–H and O–H groups in total. The molecule has 0 bridgehead atoms. The Balaban J connectivity index is 1.88. The fraction of sp³-hybridized carbons (Fsp3) is 0.333. The zero-order valence-corrected chi connectivity index (χ0v) is 13.2. The van der Waals surface area contributed by atoms with Gasteiger partial charge in [0.15, 0.2) is 0 Å². The standard InChI is InChI=1S/C12H12Cl2N4O2S/c13-9-1-2-11(14)12(7-9)21(19,20)17-5-3-10(8-17)18-6-4-15-16-18/h1-2,4,6-7,10H,3,5,8H2/t10-/m1/s1. The van der Waals surface area contributed by atoms with E-state index < -0.39 is 10.0 Å². The highest BCUT2D eigenvalue weighted by Gasteiger charge is 2.34. The van der Waals surface area contributed by atoms with E-state index in [0.29, 0.717) is 24.5 Å². The van der Waals surface area contributed by atoms with E-state index >= 15 is 0 Å². The van der Waals surface area contributed by atoms with Crippen LogP contribution < -0.4 is 0 Å². The summed E-state index contributed by atoms with van der Waals surface area (Å²) in [4.78, 5) is 0.0379. The average Bonchev–Trinajstić information content (AvgIpc) is 3.11. The van der Waals surface area contributed by atoms with Gasteiger partial charge in [0.2, 0.25) is 10.0 Å². The highest BCUT2D eigenvalue weighted by Crippen LogP contribution is 2.31. The first kappa shape index (κ1) is 14.8. The van der Waals surface area contributed by atoms with Crippen molar-refractivity contribution in [1.29, 1.82) is 0 Å². The van der Waals surface area contributed by atoms with Crippen LogP contribution in [0.15, 0.2) is 35.5 Å². The maximum atomic E-state index is 12.7. The van der Waals surface area contributed by atoms with Gasteiger partial charge in [-0.3, -0.25) is 0 Å². The monoisotopic (exact) mass is 346 g/mol. The molecule has 9 heteroatoms. The van der Waals surface area contributed by atoms with Gasteiger partial charge in [-0.1, -0.05) is 28.4 Å². The van der Waals surface area contributed by atoms with Crippen LogP contribution in [0.1, 0.15) is 12.5 Å². The molecule has 1 fully saturated rings. The van der Waals surface area contributed by atoms with Gasteiger partial charge in [-0.05, 0) is 24.6 Å². The van der Waals surface area contributed by atoms with Gasteiger partial charge in [-0.2, -0.15) is 4.31 Å². The topological polar surface area (TPSA) is 68.1 Å². The summed E-state index contributed by atoms with van der Waals surface area (Å²) < 4.78 is 28.4. The SMILES string of the molecule is O=S(=O)(c1cc(Cl)ccc1Cl)N1CC[C@@H](n2ccnn2)C1. The first-order valence-corrected chi connectivity index (χ1v) is 8.49. The van der Waals surface area contributed by atoms with Gasteiger partial charge in [0, 0.05) is 24.3 Å². The molecule has 1 aliphatic rings. The Bertz CT molecular complexity index is 749. The minimum Gasteiger partial charge on any atom is -0.248 e. The van der Waals surface area contributed by atoms with Crippen molar-refractivity contribution >= 4 is 33.2 Å². The summed E-state index contributed by atoms with van der Waals surface area (Å²) in [6, 6.07) is 4.41. The van der Waals surface area contributed by atoms with Crippen LogP contribution >= 0.6 is 23.2 Å². The number of hydrogen-bond donors (Lipinski definition) is 0. The molecular formula is C12H12Cl2N4O2S. The Morgan fingerprint density at radius 3 is 2.81 bits per heavy atom. The Hall–Kier alpha value is -1.15. The highest BCUT2D eigenvalue weighted by atomic mass is 35.5. The van der Waals surface area contributed by atoms with Crippen molar-refractivity contribution in [2.24, 2.45) is 0 Å². The van der Waals surface area contributed by atoms with Gasteiger partial charge >= 0.3 is 0 Å². The molecule has 1 aliphatic heterocycles. The molecule has 1 saturated heterocycles. The molecule has 0 amide bonds. The third-order valence-electron chi connectivity index (χ3n) is 3.45. The van der Waals surface area contributed by atoms with Crippen molar-refractivity contribution in [3.8, 4) is 0 Å². The van der Waals surface area contributed by atoms with Crippen LogP contribution in [0.2, 0.25) is 10.0 Å². The number of aromatic nitrogens is 3. The Kier molecular flexibility index (Phi) is 3.92. The van der Waals surface area contributed by atoms with Crippen LogP contribution in [0.4, 0.5) is 0 Å². The van der Waals surface area contributed by atoms with Crippen LogP contribution in [-0.4, -0.2) is 40.8 Å². The molecule has 1 atom stereocenters. The molecule has 21 heavy (non-hydrogen) atoms. The minimum atomic E-state index is -3.66. The van der Waals surface area contributed by atoms with Crippen LogP contribution in [0.3, 0.4) is 0 Å². The van der Waals surface area contributed by atoms with Gasteiger partial charge in [-0.15, -0.1) is 5.10 Å². The molecule has 0 spiro atoms. The molecule has 2 heterocycles. The van der Waals surface area contributed by atoms with E-state index in [1.165, 1.54) is 16.4 Å². The predicted octanol–water partition coefficient (Wildman–Crippen LogP) is 2.22. The van der Waals surface area contributed by atoms with Crippen LogP contribution in [-0.2, 0) is 10.0 Å². The normalized spacial score (nSPS) is 20.0. The smallest absolute Gasteiger partial charge is 0.244 e. The lowest BCUT2D eigenvalue weighted by Crippen LogP contribution is -2.29. The Morgan fingerprint density at radius 2 is 2.10 bits per heavy atom. The third-order valence-corrected chi connectivity index (χ3v) is 6.03. The lowest BCUT2D eigenvalue weighted by molar-refractivity contribution is 0.428. The number of nitrogens with zero attached hydrogens (tertiary/aromatic N) is 4. The fourth-order valence-corrected chi connectivity index (χ4v) is 4.60. The molecule has 0 unspecified atom stereocenters. The molecule has 1 aromatic carbocycles. The number of benzene rings is 1. The van der Waals surface area contributed by atoms with Crippen molar-refractivity contribution in [1.82, 2.24) is 19.3 Å². The lowest BCUT2D eigenvalue weighted by atomic mass is 10.3. The maximum absolute atomic E-state index is 12.7. The second kappa shape index (κ2) is 5.57. The summed E-state index contributed by atoms with van der Waals surface area (Å²) in [6.07, 6.45) is 3.99. The van der Waals surface area contributed by atoms with E-state index in [1.807, 2.05) is 0 Å². The van der Waals surface area contributed by atoms with Crippen molar-refractivity contribution in [3.05, 3.63) is 40.6 Å². The maximum Gasteiger partial charge on any atom is 0.244 e. The van der Waals surface area contributed by atoms with E-state index in [2.05, 4.69) is 10.3 Å². The molecule has 2 aromatic rings. The summed E-state index contributed by atoms with van der Waals surface area (Å²) in [5, 5.41) is 8.17. The fourth-order valence-electron chi connectivity index (χ4n) is 2.37. The summed E-state index contributed by atoms with van der Waals surface area (Å²) >= 11 is 11.9. The largest absolute Gasteiger partial charge is 0.248 e. The second-order valence-electron chi connectivity index (χ2n) is 4.76. The number of rotatable bonds is 3. The number of sulfonamides is 1. The number of halogens is 2. The molecule has 0 radical (unpaired) electrons. The van der Waals surface area contributed by atoms with E-state index in [0.717, 1.165) is 0 Å². The molecule has 112 valence electrons. The van der Waals surface area contributed by atoms with Crippen LogP contribution in [0.5, 0.6) is 0 Å². The van der Waals surface area contributed by atoms with Gasteiger partial charge in [0.1, 0.15) is 4.90 Å². The lowest BCUT2D eigenvalue weighted by Gasteiger charge is -2.17. The van der Waals surface area contributed by atoms with Crippen molar-refractivity contribution in [2.45, 2.75) is 17.4 Å². The zero-order chi connectivity index (χ0) is 15.0. The van der Waals surface area contributed by atoms with E-state index in [-0.39, 0.29) is 16.0 Å². The van der Waals surface area contributed by atoms with Crippen molar-refractivity contribution in [3.63, 3.8) is 0 Å². The molecule has 6 nitrogen and oxygen atoms in total. The first-order chi connectivity index (χ1) is 9.98. The first-order valence-electron chi connectivity index (χ1n) is 6.29. The molecule has 3 rings (SSSR count). The third kappa shape index (κ3) is 2.78. The summed E-state index contributed by atoms with van der Waals surface area (Å²) in [5.41, 5.74) is 0. The van der Waals surface area contributed by atoms with Gasteiger partial charge in [-0.25, -0.2) is 13.1 Å².